The zero-order chi connectivity index (χ0) is 17.1. The number of hydrogen-bond acceptors (Lipinski definition) is 6. The number of nitrogens with zero attached hydrogens (tertiary/aromatic N) is 2. The Morgan fingerprint density at radius 2 is 2.29 bits per heavy atom. The molecule has 1 saturated carbocycles. The predicted octanol–water partition coefficient (Wildman–Crippen LogP) is 2.53. The predicted molar refractivity (Wildman–Crippen MR) is 86.4 cm³/mol. The molecule has 0 radical (unpaired) electrons. The topological polar surface area (TPSA) is 111 Å². The van der Waals surface area contributed by atoms with Gasteiger partial charge in [0.05, 0.1) is 23.9 Å². The number of hydrogen-bond donors (Lipinski definition) is 2. The van der Waals surface area contributed by atoms with Crippen molar-refractivity contribution < 1.29 is 19.2 Å². The van der Waals surface area contributed by atoms with Crippen LogP contribution in [0.25, 0.3) is 11.5 Å². The Kier molecular flexibility index (Phi) is 4.80. The molecule has 1 aliphatic rings. The van der Waals surface area contributed by atoms with Crippen molar-refractivity contribution in [2.45, 2.75) is 45.3 Å². The van der Waals surface area contributed by atoms with Crippen LogP contribution in [0.2, 0.25) is 0 Å². The third-order valence-corrected chi connectivity index (χ3v) is 4.44. The average Bonchev–Trinajstić information content (AvgIpc) is 2.96. The lowest BCUT2D eigenvalue weighted by atomic mass is 9.87. The fourth-order valence-corrected chi connectivity index (χ4v) is 3.08. The van der Waals surface area contributed by atoms with E-state index in [9.17, 15) is 4.79 Å². The normalized spacial score (nSPS) is 20.8. The minimum absolute atomic E-state index is 0.0837. The van der Waals surface area contributed by atoms with Crippen LogP contribution in [0.4, 0.5) is 0 Å². The molecule has 0 amide bonds. The molecule has 0 aromatic carbocycles. The Morgan fingerprint density at radius 3 is 2.96 bits per heavy atom. The maximum Gasteiger partial charge on any atom is 0.306 e. The highest BCUT2D eigenvalue weighted by atomic mass is 16.5. The van der Waals surface area contributed by atoms with Gasteiger partial charge in [-0.25, -0.2) is 4.98 Å². The monoisotopic (exact) mass is 331 g/mol. The molecule has 2 aromatic heterocycles. The number of aliphatic carboxylic acids is 1. The lowest BCUT2D eigenvalue weighted by Crippen LogP contribution is -2.29. The van der Waals surface area contributed by atoms with Crippen molar-refractivity contribution >= 4 is 5.97 Å². The maximum atomic E-state index is 11.1. The van der Waals surface area contributed by atoms with E-state index in [1.165, 1.54) is 0 Å². The highest BCUT2D eigenvalue weighted by molar-refractivity contribution is 5.70. The van der Waals surface area contributed by atoms with Crippen LogP contribution in [-0.2, 0) is 11.3 Å². The van der Waals surface area contributed by atoms with E-state index in [1.54, 1.807) is 12.3 Å². The van der Waals surface area contributed by atoms with Crippen LogP contribution >= 0.6 is 0 Å². The molecule has 2 atom stereocenters. The Balaban J connectivity index is 1.69. The summed E-state index contributed by atoms with van der Waals surface area (Å²) in [5, 5.41) is 13.1. The molecule has 7 nitrogen and oxygen atoms in total. The highest BCUT2D eigenvalue weighted by Crippen LogP contribution is 2.29. The molecule has 24 heavy (non-hydrogen) atoms. The van der Waals surface area contributed by atoms with Crippen molar-refractivity contribution in [3.05, 3.63) is 29.6 Å². The van der Waals surface area contributed by atoms with Gasteiger partial charge >= 0.3 is 5.97 Å². The molecule has 3 N–H and O–H groups in total. The van der Waals surface area contributed by atoms with Gasteiger partial charge in [0.15, 0.2) is 5.76 Å². The van der Waals surface area contributed by atoms with E-state index >= 15 is 0 Å². The molecular weight excluding hydrogens is 310 g/mol. The standard InChI is InChI=1S/C17H21N3O4/c1-10-14(8-18)16(24-20-10)15-6-5-13(9-19-15)23-12-4-2-3-11(7-12)17(21)22/h5-6,9,11-12H,2-4,7-8,18H2,1H3,(H,21,22)/t11-,12-/m0/s1. The van der Waals surface area contributed by atoms with Crippen molar-refractivity contribution in [3.8, 4) is 17.2 Å². The molecule has 1 aliphatic carbocycles. The molecule has 0 unspecified atom stereocenters. The van der Waals surface area contributed by atoms with Crippen molar-refractivity contribution in [3.63, 3.8) is 0 Å². The molecule has 0 spiro atoms. The van der Waals surface area contributed by atoms with Crippen LogP contribution in [0, 0.1) is 12.8 Å². The molecule has 128 valence electrons. The van der Waals surface area contributed by atoms with E-state index in [2.05, 4.69) is 10.1 Å². The van der Waals surface area contributed by atoms with Crippen LogP contribution in [0.15, 0.2) is 22.9 Å². The van der Waals surface area contributed by atoms with E-state index < -0.39 is 5.97 Å². The summed E-state index contributed by atoms with van der Waals surface area (Å²) in [5.74, 6) is 0.137. The molecule has 3 rings (SSSR count). The summed E-state index contributed by atoms with van der Waals surface area (Å²) in [4.78, 5) is 15.5. The molecular formula is C17H21N3O4. The quantitative estimate of drug-likeness (QED) is 0.865. The minimum atomic E-state index is -0.744. The highest BCUT2D eigenvalue weighted by Gasteiger charge is 2.28. The smallest absolute Gasteiger partial charge is 0.306 e. The van der Waals surface area contributed by atoms with E-state index in [1.807, 2.05) is 13.0 Å². The van der Waals surface area contributed by atoms with Gasteiger partial charge in [0.2, 0.25) is 0 Å². The number of carbonyl (C=O) groups is 1. The summed E-state index contributed by atoms with van der Waals surface area (Å²) in [7, 11) is 0. The van der Waals surface area contributed by atoms with Gasteiger partial charge < -0.3 is 20.1 Å². The van der Waals surface area contributed by atoms with E-state index in [0.717, 1.165) is 30.5 Å². The summed E-state index contributed by atoms with van der Waals surface area (Å²) < 4.78 is 11.2. The van der Waals surface area contributed by atoms with E-state index in [0.29, 0.717) is 30.2 Å². The number of carboxylic acid groups (broad SMARTS) is 1. The molecule has 0 aliphatic heterocycles. The molecule has 0 saturated heterocycles. The summed E-state index contributed by atoms with van der Waals surface area (Å²) in [6.07, 6.45) is 4.53. The largest absolute Gasteiger partial charge is 0.489 e. The summed E-state index contributed by atoms with van der Waals surface area (Å²) in [5.41, 5.74) is 7.97. The SMILES string of the molecule is Cc1noc(-c2ccc(O[C@H]3CCC[C@H](C(=O)O)C3)cn2)c1CN. The third-order valence-electron chi connectivity index (χ3n) is 4.44. The molecule has 2 heterocycles. The van der Waals surface area contributed by atoms with Crippen LogP contribution in [0.1, 0.15) is 36.9 Å². The molecule has 1 fully saturated rings. The fraction of sp³-hybridized carbons (Fsp3) is 0.471. The van der Waals surface area contributed by atoms with Gasteiger partial charge in [0, 0.05) is 12.1 Å². The summed E-state index contributed by atoms with van der Waals surface area (Å²) in [6, 6.07) is 3.61. The minimum Gasteiger partial charge on any atom is -0.489 e. The third kappa shape index (κ3) is 3.41. The number of aromatic nitrogens is 2. The van der Waals surface area contributed by atoms with Gasteiger partial charge in [-0.15, -0.1) is 0 Å². The van der Waals surface area contributed by atoms with Gasteiger partial charge in [-0.05, 0) is 44.7 Å². The number of nitrogens with two attached hydrogens (primary N) is 1. The van der Waals surface area contributed by atoms with Crippen LogP contribution in [0.5, 0.6) is 5.75 Å². The maximum absolute atomic E-state index is 11.1. The fourth-order valence-electron chi connectivity index (χ4n) is 3.08. The second-order valence-electron chi connectivity index (χ2n) is 6.10. The summed E-state index contributed by atoms with van der Waals surface area (Å²) >= 11 is 0. The van der Waals surface area contributed by atoms with Gasteiger partial charge in [-0.3, -0.25) is 4.79 Å². The van der Waals surface area contributed by atoms with Gasteiger partial charge in [0.25, 0.3) is 0 Å². The molecule has 0 bridgehead atoms. The van der Waals surface area contributed by atoms with Crippen molar-refractivity contribution in [1.29, 1.82) is 0 Å². The second kappa shape index (κ2) is 7.00. The Labute approximate surface area is 139 Å². The molecule has 2 aromatic rings. The Morgan fingerprint density at radius 1 is 1.46 bits per heavy atom. The lowest BCUT2D eigenvalue weighted by Gasteiger charge is -2.27. The van der Waals surface area contributed by atoms with Crippen LogP contribution in [0.3, 0.4) is 0 Å². The zero-order valence-electron chi connectivity index (χ0n) is 13.6. The van der Waals surface area contributed by atoms with E-state index in [4.69, 9.17) is 20.1 Å². The van der Waals surface area contributed by atoms with Crippen molar-refractivity contribution in [1.82, 2.24) is 10.1 Å². The number of rotatable bonds is 5. The number of aryl methyl sites for hydroxylation is 1. The second-order valence-corrected chi connectivity index (χ2v) is 6.10. The lowest BCUT2D eigenvalue weighted by molar-refractivity contribution is -0.143. The number of ether oxygens (including phenoxy) is 1. The van der Waals surface area contributed by atoms with Gasteiger partial charge in [-0.1, -0.05) is 5.16 Å². The number of pyridine rings is 1. The van der Waals surface area contributed by atoms with E-state index in [-0.39, 0.29) is 12.0 Å². The van der Waals surface area contributed by atoms with Crippen LogP contribution in [-0.4, -0.2) is 27.3 Å². The Hall–Kier alpha value is -2.41. The zero-order valence-corrected chi connectivity index (χ0v) is 13.6. The number of carboxylic acids is 1. The van der Waals surface area contributed by atoms with Gasteiger partial charge in [-0.2, -0.15) is 0 Å². The van der Waals surface area contributed by atoms with Gasteiger partial charge in [0.1, 0.15) is 11.4 Å². The average molecular weight is 331 g/mol. The summed E-state index contributed by atoms with van der Waals surface area (Å²) in [6.45, 7) is 2.18. The van der Waals surface area contributed by atoms with Crippen molar-refractivity contribution in [2.24, 2.45) is 11.7 Å². The first-order valence-corrected chi connectivity index (χ1v) is 8.09. The Bertz CT molecular complexity index is 711. The first-order valence-electron chi connectivity index (χ1n) is 8.09. The van der Waals surface area contributed by atoms with Crippen molar-refractivity contribution in [2.75, 3.05) is 0 Å². The molecule has 7 heteroatoms. The first-order chi connectivity index (χ1) is 11.6. The van der Waals surface area contributed by atoms with Crippen LogP contribution < -0.4 is 10.5 Å². The first kappa shape index (κ1) is 16.4.